The van der Waals surface area contributed by atoms with Gasteiger partial charge in [-0.2, -0.15) is 0 Å². The van der Waals surface area contributed by atoms with E-state index < -0.39 is 17.9 Å². The highest BCUT2D eigenvalue weighted by atomic mass is 16.5. The SMILES string of the molecule is C[C@@H](O)[C@@H](CC(=O)NO)CC(=O)c1ccc(C#Cc2ccccc2)cc1. The van der Waals surface area contributed by atoms with Crippen LogP contribution in [0.25, 0.3) is 0 Å². The minimum atomic E-state index is -0.840. The summed E-state index contributed by atoms with van der Waals surface area (Å²) in [7, 11) is 0. The zero-order valence-corrected chi connectivity index (χ0v) is 14.5. The smallest absolute Gasteiger partial charge is 0.243 e. The number of aliphatic hydroxyl groups excluding tert-OH is 1. The van der Waals surface area contributed by atoms with Gasteiger partial charge in [0, 0.05) is 35.4 Å². The standard InChI is InChI=1S/C21H21NO4/c1-15(23)19(14-21(25)22-26)13-20(24)18-11-9-17(10-12-18)8-7-16-5-3-2-4-6-16/h2-6,9-12,15,19,23,26H,13-14H2,1H3,(H,22,25)/t15-,19-/m1/s1. The lowest BCUT2D eigenvalue weighted by Gasteiger charge is -2.18. The molecular formula is C21H21NO4. The van der Waals surface area contributed by atoms with Crippen LogP contribution in [0.5, 0.6) is 0 Å². The fourth-order valence-corrected chi connectivity index (χ4v) is 2.46. The summed E-state index contributed by atoms with van der Waals surface area (Å²) in [5.74, 6) is 4.72. The van der Waals surface area contributed by atoms with Crippen molar-refractivity contribution >= 4 is 11.7 Å². The van der Waals surface area contributed by atoms with Crippen LogP contribution in [0.2, 0.25) is 0 Å². The number of amides is 1. The van der Waals surface area contributed by atoms with E-state index in [4.69, 9.17) is 5.21 Å². The van der Waals surface area contributed by atoms with E-state index in [1.165, 1.54) is 12.4 Å². The quantitative estimate of drug-likeness (QED) is 0.323. The van der Waals surface area contributed by atoms with Crippen molar-refractivity contribution in [1.82, 2.24) is 5.48 Å². The van der Waals surface area contributed by atoms with Gasteiger partial charge < -0.3 is 5.11 Å². The van der Waals surface area contributed by atoms with Gasteiger partial charge in [0.15, 0.2) is 5.78 Å². The van der Waals surface area contributed by atoms with Gasteiger partial charge in [-0.3, -0.25) is 14.8 Å². The molecule has 0 bridgehead atoms. The molecule has 0 radical (unpaired) electrons. The van der Waals surface area contributed by atoms with Crippen molar-refractivity contribution in [2.24, 2.45) is 5.92 Å². The number of hydrogen-bond donors (Lipinski definition) is 3. The molecule has 0 aliphatic carbocycles. The Morgan fingerprint density at radius 2 is 1.54 bits per heavy atom. The highest BCUT2D eigenvalue weighted by Crippen LogP contribution is 2.18. The van der Waals surface area contributed by atoms with Crippen LogP contribution in [0.4, 0.5) is 0 Å². The van der Waals surface area contributed by atoms with Gasteiger partial charge in [-0.05, 0) is 31.2 Å². The molecule has 0 aliphatic rings. The Kier molecular flexibility index (Phi) is 7.10. The van der Waals surface area contributed by atoms with Crippen LogP contribution in [-0.4, -0.2) is 28.1 Å². The Labute approximate surface area is 152 Å². The van der Waals surface area contributed by atoms with Crippen LogP contribution in [-0.2, 0) is 4.79 Å². The summed E-state index contributed by atoms with van der Waals surface area (Å²) in [6, 6.07) is 16.5. The lowest BCUT2D eigenvalue weighted by Crippen LogP contribution is -2.28. The van der Waals surface area contributed by atoms with Gasteiger partial charge in [0.05, 0.1) is 6.10 Å². The molecule has 26 heavy (non-hydrogen) atoms. The van der Waals surface area contributed by atoms with Crippen molar-refractivity contribution in [3.63, 3.8) is 0 Å². The third kappa shape index (κ3) is 5.85. The number of benzene rings is 2. The fraction of sp³-hybridized carbons (Fsp3) is 0.238. The first-order valence-electron chi connectivity index (χ1n) is 8.31. The molecule has 3 N–H and O–H groups in total. The van der Waals surface area contributed by atoms with Crippen molar-refractivity contribution < 1.29 is 19.9 Å². The average molecular weight is 351 g/mol. The van der Waals surface area contributed by atoms with E-state index in [-0.39, 0.29) is 18.6 Å². The lowest BCUT2D eigenvalue weighted by atomic mass is 9.91. The maximum atomic E-state index is 12.4. The maximum Gasteiger partial charge on any atom is 0.243 e. The van der Waals surface area contributed by atoms with Crippen LogP contribution < -0.4 is 5.48 Å². The number of aliphatic hydroxyl groups is 1. The first-order chi connectivity index (χ1) is 12.5. The zero-order chi connectivity index (χ0) is 18.9. The average Bonchev–Trinajstić information content (AvgIpc) is 2.66. The first-order valence-corrected chi connectivity index (χ1v) is 8.31. The lowest BCUT2D eigenvalue weighted by molar-refractivity contribution is -0.131. The largest absolute Gasteiger partial charge is 0.393 e. The molecule has 0 aliphatic heterocycles. The predicted molar refractivity (Wildman–Crippen MR) is 97.5 cm³/mol. The molecule has 0 unspecified atom stereocenters. The Morgan fingerprint density at radius 3 is 2.08 bits per heavy atom. The number of carbonyl (C=O) groups is 2. The fourth-order valence-electron chi connectivity index (χ4n) is 2.46. The molecule has 2 aromatic carbocycles. The molecule has 0 saturated carbocycles. The summed E-state index contributed by atoms with van der Waals surface area (Å²) in [6.45, 7) is 1.52. The van der Waals surface area contributed by atoms with E-state index >= 15 is 0 Å². The van der Waals surface area contributed by atoms with E-state index in [1.54, 1.807) is 24.3 Å². The number of Topliss-reactive ketones (excluding diaryl/α,β-unsaturated/α-hetero) is 1. The van der Waals surface area contributed by atoms with E-state index in [0.29, 0.717) is 5.56 Å². The monoisotopic (exact) mass is 351 g/mol. The van der Waals surface area contributed by atoms with Crippen molar-refractivity contribution in [1.29, 1.82) is 0 Å². The van der Waals surface area contributed by atoms with Crippen LogP contribution in [0.3, 0.4) is 0 Å². The highest BCUT2D eigenvalue weighted by molar-refractivity contribution is 5.96. The van der Waals surface area contributed by atoms with Gasteiger partial charge in [-0.1, -0.05) is 42.2 Å². The Morgan fingerprint density at radius 1 is 0.962 bits per heavy atom. The van der Waals surface area contributed by atoms with Crippen molar-refractivity contribution in [2.75, 3.05) is 0 Å². The van der Waals surface area contributed by atoms with Crippen LogP contribution >= 0.6 is 0 Å². The van der Waals surface area contributed by atoms with E-state index in [1.807, 2.05) is 30.3 Å². The van der Waals surface area contributed by atoms with Gasteiger partial charge in [-0.25, -0.2) is 5.48 Å². The number of hydroxylamine groups is 1. The maximum absolute atomic E-state index is 12.4. The molecule has 0 fully saturated rings. The summed E-state index contributed by atoms with van der Waals surface area (Å²) in [4.78, 5) is 23.7. The summed E-state index contributed by atoms with van der Waals surface area (Å²) in [5, 5.41) is 18.3. The van der Waals surface area contributed by atoms with Gasteiger partial charge in [-0.15, -0.1) is 0 Å². The van der Waals surface area contributed by atoms with Gasteiger partial charge in [0.1, 0.15) is 0 Å². The van der Waals surface area contributed by atoms with Crippen LogP contribution in [0.15, 0.2) is 54.6 Å². The van der Waals surface area contributed by atoms with E-state index in [0.717, 1.165) is 11.1 Å². The minimum Gasteiger partial charge on any atom is -0.393 e. The Hall–Kier alpha value is -2.94. The topological polar surface area (TPSA) is 86.6 Å². The number of carbonyl (C=O) groups excluding carboxylic acids is 2. The molecule has 0 aromatic heterocycles. The van der Waals surface area contributed by atoms with E-state index in [2.05, 4.69) is 11.8 Å². The minimum absolute atomic E-state index is 0.0140. The molecule has 0 spiro atoms. The number of nitrogens with one attached hydrogen (secondary N) is 1. The highest BCUT2D eigenvalue weighted by Gasteiger charge is 2.22. The number of ketones is 1. The predicted octanol–water partition coefficient (Wildman–Crippen LogP) is 2.55. The molecule has 2 rings (SSSR count). The molecule has 134 valence electrons. The van der Waals surface area contributed by atoms with Gasteiger partial charge in [0.2, 0.25) is 5.91 Å². The third-order valence-electron chi connectivity index (χ3n) is 4.03. The summed E-state index contributed by atoms with van der Waals surface area (Å²) < 4.78 is 0. The van der Waals surface area contributed by atoms with Crippen molar-refractivity contribution in [3.8, 4) is 11.8 Å². The second-order valence-electron chi connectivity index (χ2n) is 6.06. The summed E-state index contributed by atoms with van der Waals surface area (Å²) in [5.41, 5.74) is 3.71. The van der Waals surface area contributed by atoms with Gasteiger partial charge in [0.25, 0.3) is 0 Å². The number of rotatable bonds is 6. The molecule has 2 atom stereocenters. The molecular weight excluding hydrogens is 330 g/mol. The number of hydrogen-bond acceptors (Lipinski definition) is 4. The van der Waals surface area contributed by atoms with Crippen LogP contribution in [0.1, 0.15) is 41.3 Å². The third-order valence-corrected chi connectivity index (χ3v) is 4.03. The van der Waals surface area contributed by atoms with Crippen molar-refractivity contribution in [3.05, 3.63) is 71.3 Å². The Bertz CT molecular complexity index is 801. The molecule has 5 heteroatoms. The molecule has 0 heterocycles. The normalized spacial score (nSPS) is 12.4. The second kappa shape index (κ2) is 9.52. The molecule has 2 aromatic rings. The second-order valence-corrected chi connectivity index (χ2v) is 6.06. The Balaban J connectivity index is 2.04. The summed E-state index contributed by atoms with van der Waals surface area (Å²) in [6.07, 6.45) is -0.951. The molecule has 0 saturated heterocycles. The van der Waals surface area contributed by atoms with Gasteiger partial charge >= 0.3 is 0 Å². The van der Waals surface area contributed by atoms with Crippen LogP contribution in [0, 0.1) is 17.8 Å². The summed E-state index contributed by atoms with van der Waals surface area (Å²) >= 11 is 0. The first kappa shape index (κ1) is 19.4. The molecule has 1 amide bonds. The van der Waals surface area contributed by atoms with E-state index in [9.17, 15) is 14.7 Å². The molecule has 5 nitrogen and oxygen atoms in total. The van der Waals surface area contributed by atoms with Crippen molar-refractivity contribution in [2.45, 2.75) is 25.9 Å². The zero-order valence-electron chi connectivity index (χ0n) is 14.5.